The van der Waals surface area contributed by atoms with Crippen LogP contribution in [0.3, 0.4) is 0 Å². The fraction of sp³-hybridized carbons (Fsp3) is 0.118. The summed E-state index contributed by atoms with van der Waals surface area (Å²) in [5.74, 6) is -0.958. The summed E-state index contributed by atoms with van der Waals surface area (Å²) in [4.78, 5) is 34.8. The lowest BCUT2D eigenvalue weighted by Crippen LogP contribution is -2.16. The van der Waals surface area contributed by atoms with Gasteiger partial charge in [0, 0.05) is 0 Å². The van der Waals surface area contributed by atoms with Crippen LogP contribution in [0.4, 0.5) is 4.79 Å². The van der Waals surface area contributed by atoms with Crippen molar-refractivity contribution in [2.24, 2.45) is 0 Å². The SMILES string of the molecule is COC(=O)c1ccc(OC(=O)Oc2ccccc2C(=O)OC)cc1. The summed E-state index contributed by atoms with van der Waals surface area (Å²) >= 11 is 0. The molecule has 7 heteroatoms. The molecule has 2 rings (SSSR count). The smallest absolute Gasteiger partial charge is 0.465 e. The van der Waals surface area contributed by atoms with E-state index in [-0.39, 0.29) is 17.1 Å². The predicted octanol–water partition coefficient (Wildman–Crippen LogP) is 2.84. The lowest BCUT2D eigenvalue weighted by atomic mass is 10.2. The molecule has 7 nitrogen and oxygen atoms in total. The van der Waals surface area contributed by atoms with Gasteiger partial charge in [-0.25, -0.2) is 14.4 Å². The van der Waals surface area contributed by atoms with Gasteiger partial charge in [-0.2, -0.15) is 0 Å². The van der Waals surface area contributed by atoms with E-state index in [0.717, 1.165) is 0 Å². The minimum absolute atomic E-state index is 0.0144. The highest BCUT2D eigenvalue weighted by atomic mass is 16.7. The maximum Gasteiger partial charge on any atom is 0.519 e. The zero-order valence-corrected chi connectivity index (χ0v) is 13.0. The molecule has 0 radical (unpaired) electrons. The van der Waals surface area contributed by atoms with Gasteiger partial charge in [-0.05, 0) is 36.4 Å². The Bertz CT molecular complexity index is 750. The summed E-state index contributed by atoms with van der Waals surface area (Å²) in [5.41, 5.74) is 0.409. The monoisotopic (exact) mass is 330 g/mol. The molecule has 0 heterocycles. The van der Waals surface area contributed by atoms with Crippen LogP contribution in [0, 0.1) is 0 Å². The number of carbonyl (C=O) groups excluding carboxylic acids is 3. The lowest BCUT2D eigenvalue weighted by molar-refractivity contribution is 0.0589. The first-order chi connectivity index (χ1) is 11.5. The molecule has 0 saturated carbocycles. The van der Waals surface area contributed by atoms with Crippen LogP contribution in [0.5, 0.6) is 11.5 Å². The molecule has 0 atom stereocenters. The average molecular weight is 330 g/mol. The van der Waals surface area contributed by atoms with Gasteiger partial charge in [0.25, 0.3) is 0 Å². The zero-order valence-electron chi connectivity index (χ0n) is 13.0. The van der Waals surface area contributed by atoms with Crippen molar-refractivity contribution < 1.29 is 33.3 Å². The van der Waals surface area contributed by atoms with E-state index in [1.165, 1.54) is 50.6 Å². The first-order valence-corrected chi connectivity index (χ1v) is 6.80. The molecule has 24 heavy (non-hydrogen) atoms. The van der Waals surface area contributed by atoms with E-state index in [9.17, 15) is 14.4 Å². The van der Waals surface area contributed by atoms with Crippen molar-refractivity contribution >= 4 is 18.1 Å². The molecule has 0 aliphatic carbocycles. The zero-order chi connectivity index (χ0) is 17.5. The number of carbonyl (C=O) groups is 3. The van der Waals surface area contributed by atoms with Gasteiger partial charge in [0.05, 0.1) is 19.8 Å². The Labute approximate surface area is 137 Å². The number of esters is 2. The fourth-order valence-electron chi connectivity index (χ4n) is 1.82. The van der Waals surface area contributed by atoms with E-state index < -0.39 is 18.1 Å². The molecule has 0 saturated heterocycles. The van der Waals surface area contributed by atoms with Crippen LogP contribution >= 0.6 is 0 Å². The van der Waals surface area contributed by atoms with Crippen molar-refractivity contribution in [2.45, 2.75) is 0 Å². The van der Waals surface area contributed by atoms with Gasteiger partial charge in [0.2, 0.25) is 0 Å². The standard InChI is InChI=1S/C17H14O7/c1-21-15(18)11-7-9-12(10-8-11)23-17(20)24-14-6-4-3-5-13(14)16(19)22-2/h3-10H,1-2H3. The second-order valence-electron chi connectivity index (χ2n) is 4.46. The van der Waals surface area contributed by atoms with E-state index in [2.05, 4.69) is 9.47 Å². The molecule has 0 fully saturated rings. The van der Waals surface area contributed by atoms with Gasteiger partial charge >= 0.3 is 18.1 Å². The molecule has 0 aromatic heterocycles. The second kappa shape index (κ2) is 7.77. The average Bonchev–Trinajstić information content (AvgIpc) is 2.61. The highest BCUT2D eigenvalue weighted by Crippen LogP contribution is 2.20. The third-order valence-corrected chi connectivity index (χ3v) is 2.96. The molecule has 124 valence electrons. The van der Waals surface area contributed by atoms with E-state index >= 15 is 0 Å². The van der Waals surface area contributed by atoms with Gasteiger partial charge in [-0.3, -0.25) is 0 Å². The van der Waals surface area contributed by atoms with Crippen LogP contribution in [-0.4, -0.2) is 32.3 Å². The molecule has 0 amide bonds. The second-order valence-corrected chi connectivity index (χ2v) is 4.46. The Kier molecular flexibility index (Phi) is 5.51. The van der Waals surface area contributed by atoms with Gasteiger partial charge in [-0.1, -0.05) is 12.1 Å². The molecule has 0 aliphatic rings. The topological polar surface area (TPSA) is 88.1 Å². The Balaban J connectivity index is 2.06. The number of methoxy groups -OCH3 is 2. The highest BCUT2D eigenvalue weighted by molar-refractivity contribution is 5.93. The number of benzene rings is 2. The minimum Gasteiger partial charge on any atom is -0.465 e. The van der Waals surface area contributed by atoms with E-state index in [1.54, 1.807) is 12.1 Å². The molecule has 2 aromatic carbocycles. The van der Waals surface area contributed by atoms with Gasteiger partial charge in [-0.15, -0.1) is 0 Å². The fourth-order valence-corrected chi connectivity index (χ4v) is 1.82. The summed E-state index contributed by atoms with van der Waals surface area (Å²) in [6.07, 6.45) is -1.03. The van der Waals surface area contributed by atoms with E-state index in [0.29, 0.717) is 5.56 Å². The Morgan fingerprint density at radius 1 is 0.750 bits per heavy atom. The molecule has 0 unspecified atom stereocenters. The number of para-hydroxylation sites is 1. The van der Waals surface area contributed by atoms with Crippen LogP contribution in [0.25, 0.3) is 0 Å². The summed E-state index contributed by atoms with van der Waals surface area (Å²) in [6, 6.07) is 11.8. The molecule has 2 aromatic rings. The summed E-state index contributed by atoms with van der Waals surface area (Å²) in [7, 11) is 2.49. The van der Waals surface area contributed by atoms with Crippen molar-refractivity contribution in [1.29, 1.82) is 0 Å². The third kappa shape index (κ3) is 4.10. The van der Waals surface area contributed by atoms with Crippen LogP contribution < -0.4 is 9.47 Å². The molecular formula is C17H14O7. The highest BCUT2D eigenvalue weighted by Gasteiger charge is 2.16. The van der Waals surface area contributed by atoms with Crippen LogP contribution in [-0.2, 0) is 9.47 Å². The normalized spacial score (nSPS) is 9.75. The molecular weight excluding hydrogens is 316 g/mol. The van der Waals surface area contributed by atoms with Crippen molar-refractivity contribution in [3.05, 3.63) is 59.7 Å². The van der Waals surface area contributed by atoms with Crippen molar-refractivity contribution in [3.8, 4) is 11.5 Å². The molecule has 0 spiro atoms. The van der Waals surface area contributed by atoms with E-state index in [4.69, 9.17) is 9.47 Å². The van der Waals surface area contributed by atoms with Gasteiger partial charge in [0.1, 0.15) is 17.1 Å². The van der Waals surface area contributed by atoms with E-state index in [1.807, 2.05) is 0 Å². The molecule has 0 aliphatic heterocycles. The first-order valence-electron chi connectivity index (χ1n) is 6.80. The number of hydrogen-bond acceptors (Lipinski definition) is 7. The van der Waals surface area contributed by atoms with Crippen LogP contribution in [0.2, 0.25) is 0 Å². The minimum atomic E-state index is -1.03. The molecule has 0 bridgehead atoms. The van der Waals surface area contributed by atoms with Gasteiger partial charge in [0.15, 0.2) is 0 Å². The summed E-state index contributed by atoms with van der Waals surface area (Å²) < 4.78 is 19.2. The predicted molar refractivity (Wildman–Crippen MR) is 82.2 cm³/mol. The Morgan fingerprint density at radius 2 is 1.38 bits per heavy atom. The maximum atomic E-state index is 11.8. The first kappa shape index (κ1) is 17.0. The Hall–Kier alpha value is -3.35. The van der Waals surface area contributed by atoms with Crippen LogP contribution in [0.1, 0.15) is 20.7 Å². The number of rotatable bonds is 4. The van der Waals surface area contributed by atoms with Crippen molar-refractivity contribution in [3.63, 3.8) is 0 Å². The van der Waals surface area contributed by atoms with Crippen molar-refractivity contribution in [2.75, 3.05) is 14.2 Å². The third-order valence-electron chi connectivity index (χ3n) is 2.96. The number of hydrogen-bond donors (Lipinski definition) is 0. The van der Waals surface area contributed by atoms with Gasteiger partial charge < -0.3 is 18.9 Å². The molecule has 0 N–H and O–H groups in total. The maximum absolute atomic E-state index is 11.8. The van der Waals surface area contributed by atoms with Crippen molar-refractivity contribution in [1.82, 2.24) is 0 Å². The largest absolute Gasteiger partial charge is 0.519 e. The lowest BCUT2D eigenvalue weighted by Gasteiger charge is -2.09. The Morgan fingerprint density at radius 3 is 2.00 bits per heavy atom. The number of ether oxygens (including phenoxy) is 4. The summed E-state index contributed by atoms with van der Waals surface area (Å²) in [6.45, 7) is 0. The quantitative estimate of drug-likeness (QED) is 0.629. The summed E-state index contributed by atoms with van der Waals surface area (Å²) in [5, 5.41) is 0. The van der Waals surface area contributed by atoms with Crippen LogP contribution in [0.15, 0.2) is 48.5 Å².